The van der Waals surface area contributed by atoms with Crippen molar-refractivity contribution in [1.82, 2.24) is 4.98 Å². The molecule has 242 valence electrons. The first-order valence-corrected chi connectivity index (χ1v) is 16.5. The van der Waals surface area contributed by atoms with E-state index in [0.717, 1.165) is 117 Å². The fourth-order valence-electron chi connectivity index (χ4n) is 7.22. The largest absolute Gasteiger partial charge is 2.00 e. The van der Waals surface area contributed by atoms with Crippen LogP contribution in [-0.2, 0) is 22.9 Å². The third-order valence-corrected chi connectivity index (χ3v) is 9.77. The third-order valence-electron chi connectivity index (χ3n) is 9.77. The molecule has 6 heteroatoms. The number of hydrogen-bond acceptors (Lipinski definition) is 4. The van der Waals surface area contributed by atoms with E-state index in [1.165, 1.54) is 22.3 Å². The Morgan fingerprint density at radius 3 is 1.96 bits per heavy atom. The number of rotatable bonds is 6. The second-order valence-corrected chi connectivity index (χ2v) is 12.1. The van der Waals surface area contributed by atoms with Gasteiger partial charge in [0.1, 0.15) is 0 Å². The molecule has 0 unspecified atom stereocenters. The molecule has 8 bridgehead atoms. The zero-order valence-corrected chi connectivity index (χ0v) is 29.6. The van der Waals surface area contributed by atoms with Gasteiger partial charge in [0.2, 0.25) is 0 Å². The Balaban J connectivity index is 0.00000433. The van der Waals surface area contributed by atoms with Gasteiger partial charge >= 0.3 is 16.5 Å². The molecule has 0 saturated carbocycles. The Kier molecular flexibility index (Phi) is 10.0. The quantitative estimate of drug-likeness (QED) is 0.228. The summed E-state index contributed by atoms with van der Waals surface area (Å²) in [5.74, 6) is 0. The Labute approximate surface area is 289 Å². The van der Waals surface area contributed by atoms with E-state index in [4.69, 9.17) is 20.0 Å². The maximum absolute atomic E-state index is 11.6. The van der Waals surface area contributed by atoms with Crippen molar-refractivity contribution in [3.05, 3.63) is 133 Å². The summed E-state index contributed by atoms with van der Waals surface area (Å²) in [5, 5.41) is 11.6. The van der Waals surface area contributed by atoms with Crippen LogP contribution in [0.3, 0.4) is 0 Å². The van der Waals surface area contributed by atoms with E-state index in [2.05, 4.69) is 97.9 Å². The van der Waals surface area contributed by atoms with Crippen LogP contribution in [0.25, 0.3) is 17.2 Å². The summed E-state index contributed by atoms with van der Waals surface area (Å²) >= 11 is 0. The van der Waals surface area contributed by atoms with Gasteiger partial charge in [-0.3, -0.25) is 0 Å². The maximum Gasteiger partial charge on any atom is 2.00 e. The minimum atomic E-state index is 0. The van der Waals surface area contributed by atoms with E-state index in [-0.39, 0.29) is 16.5 Å². The van der Waals surface area contributed by atoms with Crippen LogP contribution < -0.4 is 10.1 Å². The summed E-state index contributed by atoms with van der Waals surface area (Å²) in [4.78, 5) is 21.3. The van der Waals surface area contributed by atoms with E-state index in [1.807, 2.05) is 6.08 Å². The molecule has 5 heterocycles. The summed E-state index contributed by atoms with van der Waals surface area (Å²) in [5.41, 5.74) is 19.8. The molecule has 4 aliphatic rings. The topological polar surface area (TPSA) is 74.2 Å². The Morgan fingerprint density at radius 2 is 1.34 bits per heavy atom. The zero-order valence-electron chi connectivity index (χ0n) is 28.6. The van der Waals surface area contributed by atoms with E-state index >= 15 is 0 Å². The van der Waals surface area contributed by atoms with Gasteiger partial charge in [-0.15, -0.1) is 17.6 Å². The molecular formula is C41H42N4NiO. The van der Waals surface area contributed by atoms with Gasteiger partial charge in [0.05, 0.1) is 34.2 Å². The van der Waals surface area contributed by atoms with Crippen molar-refractivity contribution in [3.63, 3.8) is 0 Å². The number of hydrogen-bond donors (Lipinski definition) is 0. The second-order valence-electron chi connectivity index (χ2n) is 12.1. The van der Waals surface area contributed by atoms with E-state index in [1.54, 1.807) is 6.08 Å². The Hall–Kier alpha value is -4.28. The monoisotopic (exact) mass is 664 g/mol. The van der Waals surface area contributed by atoms with Gasteiger partial charge in [-0.1, -0.05) is 87.4 Å². The van der Waals surface area contributed by atoms with Crippen molar-refractivity contribution < 1.29 is 21.6 Å². The molecular weight excluding hydrogens is 623 g/mol. The van der Waals surface area contributed by atoms with Crippen LogP contribution >= 0.6 is 0 Å². The van der Waals surface area contributed by atoms with Crippen LogP contribution in [0.2, 0.25) is 0 Å². The number of aliphatic imine (C=N–C) groups is 3. The molecule has 0 amide bonds. The first-order chi connectivity index (χ1) is 22.3. The van der Waals surface area contributed by atoms with Crippen LogP contribution in [0, 0.1) is 6.92 Å². The minimum absolute atomic E-state index is 0. The normalized spacial score (nSPS) is 18.7. The molecule has 2 aromatic rings. The molecule has 0 radical (unpaired) electrons. The maximum atomic E-state index is 11.6. The fourth-order valence-corrected chi connectivity index (χ4v) is 7.22. The van der Waals surface area contributed by atoms with Gasteiger partial charge in [-0.05, 0) is 104 Å². The molecule has 5 nitrogen and oxygen atoms in total. The van der Waals surface area contributed by atoms with Crippen molar-refractivity contribution >= 4 is 34.4 Å². The molecule has 0 fully saturated rings. The Morgan fingerprint density at radius 1 is 0.723 bits per heavy atom. The van der Waals surface area contributed by atoms with Crippen LogP contribution in [-0.4, -0.2) is 17.1 Å². The van der Waals surface area contributed by atoms with Gasteiger partial charge in [0.25, 0.3) is 0 Å². The van der Waals surface area contributed by atoms with Crippen molar-refractivity contribution in [2.24, 2.45) is 15.0 Å². The zero-order chi connectivity index (χ0) is 32.7. The van der Waals surface area contributed by atoms with Crippen LogP contribution in [0.4, 0.5) is 0 Å². The predicted molar refractivity (Wildman–Crippen MR) is 192 cm³/mol. The number of aromatic nitrogens is 1. The molecule has 0 spiro atoms. The first kappa shape index (κ1) is 34.1. The number of benzene rings is 1. The van der Waals surface area contributed by atoms with E-state index in [0.29, 0.717) is 0 Å². The Bertz CT molecular complexity index is 2000. The minimum Gasteiger partial charge on any atom is -0.878 e. The SMILES string of the molecule is CCC1=C(C)C2=Cc3[n-]c(c(CC)c3C)/C(=C/C=C/[O-])C3=NC(=CC4=NC(=C(c5ccccc5)C1=N2)C(CC)=C4C)C(C)=C3CC.[Ni+2]. The summed E-state index contributed by atoms with van der Waals surface area (Å²) in [6.45, 7) is 17.4. The molecule has 0 atom stereocenters. The van der Waals surface area contributed by atoms with Gasteiger partial charge < -0.3 is 10.1 Å². The van der Waals surface area contributed by atoms with Gasteiger partial charge in [-0.2, -0.15) is 0 Å². The van der Waals surface area contributed by atoms with Crippen molar-refractivity contribution in [3.8, 4) is 0 Å². The summed E-state index contributed by atoms with van der Waals surface area (Å²) in [6, 6.07) is 10.6. The van der Waals surface area contributed by atoms with Gasteiger partial charge in [-0.25, -0.2) is 15.0 Å². The summed E-state index contributed by atoms with van der Waals surface area (Å²) < 4.78 is 0. The first-order valence-electron chi connectivity index (χ1n) is 16.5. The average molecular weight is 666 g/mol. The number of nitrogens with zero attached hydrogens (tertiary/aromatic N) is 4. The second kappa shape index (κ2) is 13.8. The standard InChI is InChI=1S/C41H43N4O.Ni/c1-9-28-23(5)33-21-35-25(7)30(11-3)40(44-35)37(27-17-14-13-15-18-27)41-31(12-4)26(8)36(45-41)22-34-24(6)29(10-2)39(43-34)32(19-16-20-46)38(28)42-33;/h13-22H,9-12H2,1-8H3,(H-,42,43,44,45,46);/q-1;+2/p-1. The predicted octanol–water partition coefficient (Wildman–Crippen LogP) is 8.96. The van der Waals surface area contributed by atoms with Gasteiger partial charge in [0, 0.05) is 5.57 Å². The number of fused-ring (bicyclic) bond motifs is 5. The molecule has 0 N–H and O–H groups in total. The molecule has 1 aromatic heterocycles. The molecule has 0 saturated heterocycles. The third kappa shape index (κ3) is 5.67. The van der Waals surface area contributed by atoms with Gasteiger partial charge in [0.15, 0.2) is 0 Å². The molecule has 47 heavy (non-hydrogen) atoms. The van der Waals surface area contributed by atoms with E-state index < -0.39 is 0 Å². The van der Waals surface area contributed by atoms with E-state index in [9.17, 15) is 5.11 Å². The van der Waals surface area contributed by atoms with Crippen LogP contribution in [0.15, 0.2) is 120 Å². The van der Waals surface area contributed by atoms with Crippen molar-refractivity contribution in [1.29, 1.82) is 0 Å². The molecule has 0 aliphatic carbocycles. The van der Waals surface area contributed by atoms with Crippen LogP contribution in [0.5, 0.6) is 0 Å². The molecule has 6 rings (SSSR count). The molecule has 1 aromatic carbocycles. The summed E-state index contributed by atoms with van der Waals surface area (Å²) in [7, 11) is 0. The molecule has 4 aliphatic heterocycles. The number of allylic oxidation sites excluding steroid dienone is 11. The van der Waals surface area contributed by atoms with Crippen molar-refractivity contribution in [2.75, 3.05) is 0 Å². The summed E-state index contributed by atoms with van der Waals surface area (Å²) in [6.07, 6.45) is 11.9. The van der Waals surface area contributed by atoms with Crippen molar-refractivity contribution in [2.45, 2.75) is 81.1 Å². The average Bonchev–Trinajstić information content (AvgIpc) is 3.75. The van der Waals surface area contributed by atoms with Crippen LogP contribution in [0.1, 0.15) is 95.8 Å². The fraction of sp³-hybridized carbons (Fsp3) is 0.293. The smallest absolute Gasteiger partial charge is 0.878 e.